The van der Waals surface area contributed by atoms with Gasteiger partial charge in [-0.15, -0.1) is 0 Å². The predicted molar refractivity (Wildman–Crippen MR) is 139 cm³/mol. The molecule has 0 bridgehead atoms. The molecule has 1 fully saturated rings. The molecule has 0 unspecified atom stereocenters. The van der Waals surface area contributed by atoms with Crippen LogP contribution in [0.5, 0.6) is 0 Å². The number of nitrogens with zero attached hydrogens (tertiary/aromatic N) is 2. The lowest BCUT2D eigenvalue weighted by atomic mass is 9.96. The molecular formula is C28H29Cl2N3. The Morgan fingerprint density at radius 2 is 1.36 bits per heavy atom. The molecule has 1 aliphatic rings. The van der Waals surface area contributed by atoms with Gasteiger partial charge in [-0.2, -0.15) is 0 Å². The van der Waals surface area contributed by atoms with E-state index in [9.17, 15) is 0 Å². The van der Waals surface area contributed by atoms with Crippen molar-refractivity contribution in [1.29, 1.82) is 0 Å². The molecule has 33 heavy (non-hydrogen) atoms. The Kier molecular flexibility index (Phi) is 7.03. The molecular weight excluding hydrogens is 449 g/mol. The number of H-pyrrole nitrogens is 1. The van der Waals surface area contributed by atoms with Gasteiger partial charge in [-0.05, 0) is 66.4 Å². The van der Waals surface area contributed by atoms with Crippen LogP contribution in [0.25, 0.3) is 10.9 Å². The third kappa shape index (κ3) is 5.28. The maximum absolute atomic E-state index is 6.17. The highest BCUT2D eigenvalue weighted by atomic mass is 35.5. The van der Waals surface area contributed by atoms with Crippen LogP contribution < -0.4 is 0 Å². The Morgan fingerprint density at radius 3 is 2.00 bits per heavy atom. The number of piperazine rings is 1. The number of aryl methyl sites for hydroxylation is 1. The molecule has 1 N–H and O–H groups in total. The number of nitrogens with one attached hydrogen (secondary N) is 1. The quantitative estimate of drug-likeness (QED) is 0.315. The van der Waals surface area contributed by atoms with Crippen molar-refractivity contribution in [2.24, 2.45) is 0 Å². The number of aromatic amines is 1. The molecule has 3 aromatic carbocycles. The van der Waals surface area contributed by atoms with E-state index in [2.05, 4.69) is 69.5 Å². The van der Waals surface area contributed by atoms with E-state index >= 15 is 0 Å². The molecule has 1 aromatic heterocycles. The fourth-order valence-electron chi connectivity index (χ4n) is 4.98. The van der Waals surface area contributed by atoms with Gasteiger partial charge in [-0.1, -0.05) is 65.7 Å². The monoisotopic (exact) mass is 477 g/mol. The third-order valence-electron chi connectivity index (χ3n) is 6.74. The van der Waals surface area contributed by atoms with E-state index < -0.39 is 0 Å². The van der Waals surface area contributed by atoms with E-state index in [0.717, 1.165) is 49.2 Å². The van der Waals surface area contributed by atoms with Crippen LogP contribution in [0.3, 0.4) is 0 Å². The number of hydrogen-bond acceptors (Lipinski definition) is 2. The maximum atomic E-state index is 6.17. The van der Waals surface area contributed by atoms with Crippen molar-refractivity contribution in [2.75, 3.05) is 32.7 Å². The predicted octanol–water partition coefficient (Wildman–Crippen LogP) is 6.81. The Bertz CT molecular complexity index is 1130. The zero-order chi connectivity index (χ0) is 22.6. The molecule has 1 saturated heterocycles. The van der Waals surface area contributed by atoms with E-state index in [1.807, 2.05) is 24.3 Å². The molecule has 1 aliphatic heterocycles. The van der Waals surface area contributed by atoms with Gasteiger partial charge in [0.15, 0.2) is 0 Å². The summed E-state index contributed by atoms with van der Waals surface area (Å²) in [6, 6.07) is 25.3. The van der Waals surface area contributed by atoms with Gasteiger partial charge in [-0.25, -0.2) is 0 Å². The summed E-state index contributed by atoms with van der Waals surface area (Å²) in [5.74, 6) is 0. The van der Waals surface area contributed by atoms with E-state index in [-0.39, 0.29) is 6.04 Å². The summed E-state index contributed by atoms with van der Waals surface area (Å²) in [5.41, 5.74) is 5.20. The topological polar surface area (TPSA) is 22.3 Å². The Balaban J connectivity index is 1.21. The fourth-order valence-corrected chi connectivity index (χ4v) is 5.23. The number of rotatable bonds is 7. The highest BCUT2D eigenvalue weighted by molar-refractivity contribution is 6.30. The van der Waals surface area contributed by atoms with Crippen LogP contribution in [0.4, 0.5) is 0 Å². The Morgan fingerprint density at radius 1 is 0.758 bits per heavy atom. The largest absolute Gasteiger partial charge is 0.361 e. The minimum absolute atomic E-state index is 0.216. The highest BCUT2D eigenvalue weighted by Crippen LogP contribution is 2.31. The van der Waals surface area contributed by atoms with Crippen LogP contribution in [0, 0.1) is 0 Å². The van der Waals surface area contributed by atoms with Crippen molar-refractivity contribution in [3.05, 3.63) is 106 Å². The summed E-state index contributed by atoms with van der Waals surface area (Å²) < 4.78 is 0. The van der Waals surface area contributed by atoms with Crippen LogP contribution in [0.15, 0.2) is 79.0 Å². The summed E-state index contributed by atoms with van der Waals surface area (Å²) in [4.78, 5) is 8.59. The number of benzene rings is 3. The zero-order valence-electron chi connectivity index (χ0n) is 18.7. The van der Waals surface area contributed by atoms with E-state index in [0.29, 0.717) is 0 Å². The molecule has 0 amide bonds. The number of para-hydroxylation sites is 1. The number of fused-ring (bicyclic) bond motifs is 1. The van der Waals surface area contributed by atoms with Crippen LogP contribution >= 0.6 is 23.2 Å². The van der Waals surface area contributed by atoms with Crippen molar-refractivity contribution in [2.45, 2.75) is 18.9 Å². The first-order chi connectivity index (χ1) is 16.2. The smallest absolute Gasteiger partial charge is 0.0602 e. The van der Waals surface area contributed by atoms with Gasteiger partial charge in [0, 0.05) is 53.3 Å². The third-order valence-corrected chi connectivity index (χ3v) is 7.24. The molecule has 5 rings (SSSR count). The fraction of sp³-hybridized carbons (Fsp3) is 0.286. The Hall–Kier alpha value is -2.30. The second-order valence-electron chi connectivity index (χ2n) is 8.85. The molecule has 3 nitrogen and oxygen atoms in total. The zero-order valence-corrected chi connectivity index (χ0v) is 20.2. The highest BCUT2D eigenvalue weighted by Gasteiger charge is 2.26. The van der Waals surface area contributed by atoms with Crippen molar-refractivity contribution < 1.29 is 0 Å². The molecule has 0 atom stereocenters. The second kappa shape index (κ2) is 10.3. The molecule has 0 radical (unpaired) electrons. The van der Waals surface area contributed by atoms with Gasteiger partial charge in [-0.3, -0.25) is 4.90 Å². The minimum Gasteiger partial charge on any atom is -0.361 e. The second-order valence-corrected chi connectivity index (χ2v) is 9.72. The van der Waals surface area contributed by atoms with Gasteiger partial charge in [0.05, 0.1) is 6.04 Å². The van der Waals surface area contributed by atoms with Crippen molar-refractivity contribution >= 4 is 34.1 Å². The maximum Gasteiger partial charge on any atom is 0.0602 e. The average Bonchev–Trinajstić information content (AvgIpc) is 3.26. The van der Waals surface area contributed by atoms with Crippen LogP contribution in [0.2, 0.25) is 10.0 Å². The van der Waals surface area contributed by atoms with Crippen molar-refractivity contribution in [1.82, 2.24) is 14.8 Å². The summed E-state index contributed by atoms with van der Waals surface area (Å²) >= 11 is 12.3. The normalized spacial score (nSPS) is 15.5. The van der Waals surface area contributed by atoms with Gasteiger partial charge < -0.3 is 9.88 Å². The van der Waals surface area contributed by atoms with E-state index in [1.54, 1.807) is 0 Å². The Labute approximate surface area is 205 Å². The number of halogens is 2. The summed E-state index contributed by atoms with van der Waals surface area (Å²) in [5, 5.41) is 2.90. The molecule has 0 saturated carbocycles. The van der Waals surface area contributed by atoms with E-state index in [1.165, 1.54) is 34.0 Å². The average molecular weight is 478 g/mol. The summed E-state index contributed by atoms with van der Waals surface area (Å²) in [6.07, 6.45) is 4.47. The standard InChI is InChI=1S/C28H29Cl2N3/c29-24-11-7-21(8-12-24)28(22-9-13-25(30)14-10-22)33-18-16-32(17-19-33)15-3-4-23-20-31-27-6-2-1-5-26(23)27/h1-2,5-14,20,28,31H,3-4,15-19H2. The summed E-state index contributed by atoms with van der Waals surface area (Å²) in [6.45, 7) is 5.41. The first-order valence-electron chi connectivity index (χ1n) is 11.7. The number of hydrogen-bond donors (Lipinski definition) is 1. The molecule has 4 aromatic rings. The first kappa shape index (κ1) is 22.5. The molecule has 2 heterocycles. The molecule has 0 spiro atoms. The lowest BCUT2D eigenvalue weighted by Crippen LogP contribution is -2.48. The van der Waals surface area contributed by atoms with Gasteiger partial charge in [0.1, 0.15) is 0 Å². The molecule has 5 heteroatoms. The minimum atomic E-state index is 0.216. The molecule has 0 aliphatic carbocycles. The van der Waals surface area contributed by atoms with Gasteiger partial charge >= 0.3 is 0 Å². The van der Waals surface area contributed by atoms with Gasteiger partial charge in [0.2, 0.25) is 0 Å². The van der Waals surface area contributed by atoms with Crippen LogP contribution in [0.1, 0.15) is 29.2 Å². The SMILES string of the molecule is Clc1ccc(C(c2ccc(Cl)cc2)N2CCN(CCCc3c[nH]c4ccccc34)CC2)cc1. The molecule has 170 valence electrons. The van der Waals surface area contributed by atoms with Gasteiger partial charge in [0.25, 0.3) is 0 Å². The van der Waals surface area contributed by atoms with Crippen molar-refractivity contribution in [3.8, 4) is 0 Å². The van der Waals surface area contributed by atoms with Crippen LogP contribution in [-0.2, 0) is 6.42 Å². The lowest BCUT2D eigenvalue weighted by Gasteiger charge is -2.40. The van der Waals surface area contributed by atoms with Crippen LogP contribution in [-0.4, -0.2) is 47.5 Å². The number of aromatic nitrogens is 1. The first-order valence-corrected chi connectivity index (χ1v) is 12.5. The summed E-state index contributed by atoms with van der Waals surface area (Å²) in [7, 11) is 0. The van der Waals surface area contributed by atoms with Crippen molar-refractivity contribution in [3.63, 3.8) is 0 Å². The van der Waals surface area contributed by atoms with E-state index in [4.69, 9.17) is 23.2 Å². The lowest BCUT2D eigenvalue weighted by molar-refractivity contribution is 0.109.